The number of benzene rings is 1. The highest BCUT2D eigenvalue weighted by molar-refractivity contribution is 5.79. The Morgan fingerprint density at radius 2 is 2.17 bits per heavy atom. The average Bonchev–Trinajstić information content (AvgIpc) is 3.16. The van der Waals surface area contributed by atoms with E-state index in [4.69, 9.17) is 4.98 Å². The van der Waals surface area contributed by atoms with Gasteiger partial charge in [-0.1, -0.05) is 30.3 Å². The fourth-order valence-electron chi connectivity index (χ4n) is 3.50. The minimum absolute atomic E-state index is 0.174. The van der Waals surface area contributed by atoms with E-state index in [2.05, 4.69) is 10.3 Å². The summed E-state index contributed by atoms with van der Waals surface area (Å²) in [4.78, 5) is 23.8. The van der Waals surface area contributed by atoms with Crippen molar-refractivity contribution in [2.75, 3.05) is 13.1 Å². The molecule has 0 aliphatic carbocycles. The molecular weight excluding hydrogens is 300 g/mol. The van der Waals surface area contributed by atoms with Gasteiger partial charge in [0.2, 0.25) is 5.91 Å². The van der Waals surface area contributed by atoms with Crippen molar-refractivity contribution in [3.05, 3.63) is 59.2 Å². The van der Waals surface area contributed by atoms with E-state index in [1.165, 1.54) is 6.42 Å². The number of carbonyl (C=O) groups is 1. The molecule has 24 heavy (non-hydrogen) atoms. The van der Waals surface area contributed by atoms with Gasteiger partial charge >= 0.3 is 0 Å². The first-order valence-electron chi connectivity index (χ1n) is 8.69. The molecule has 1 N–H and O–H groups in total. The maximum atomic E-state index is 12.5. The van der Waals surface area contributed by atoms with Crippen LogP contribution in [-0.4, -0.2) is 33.9 Å². The number of fused-ring (bicyclic) bond motifs is 1. The first kappa shape index (κ1) is 15.3. The smallest absolute Gasteiger partial charge is 0.227 e. The zero-order valence-electron chi connectivity index (χ0n) is 13.7. The average molecular weight is 322 g/mol. The largest absolute Gasteiger partial charge is 0.338 e. The van der Waals surface area contributed by atoms with Crippen molar-refractivity contribution < 1.29 is 4.79 Å². The molecule has 0 bridgehead atoms. The molecule has 1 amide bonds. The summed E-state index contributed by atoms with van der Waals surface area (Å²) in [5.74, 6) is 1.09. The second-order valence-electron chi connectivity index (χ2n) is 6.58. The Labute approximate surface area is 142 Å². The van der Waals surface area contributed by atoms with E-state index in [1.807, 2.05) is 41.4 Å². The molecule has 2 aliphatic rings. The molecule has 1 fully saturated rings. The predicted molar refractivity (Wildman–Crippen MR) is 91.3 cm³/mol. The van der Waals surface area contributed by atoms with E-state index in [0.717, 1.165) is 48.6 Å². The Bertz CT molecular complexity index is 725. The predicted octanol–water partition coefficient (Wildman–Crippen LogP) is 2.03. The molecule has 2 aromatic rings. The van der Waals surface area contributed by atoms with Crippen molar-refractivity contribution in [1.29, 1.82) is 0 Å². The van der Waals surface area contributed by atoms with E-state index in [-0.39, 0.29) is 5.91 Å². The summed E-state index contributed by atoms with van der Waals surface area (Å²) in [5, 5.41) is 3.44. The minimum Gasteiger partial charge on any atom is -0.338 e. The zero-order chi connectivity index (χ0) is 16.4. The van der Waals surface area contributed by atoms with Gasteiger partial charge in [0, 0.05) is 31.3 Å². The topological polar surface area (TPSA) is 58.1 Å². The summed E-state index contributed by atoms with van der Waals surface area (Å²) in [6.07, 6.45) is 5.49. The van der Waals surface area contributed by atoms with Gasteiger partial charge in [-0.25, -0.2) is 9.97 Å². The number of nitrogens with zero attached hydrogens (tertiary/aromatic N) is 3. The first-order chi connectivity index (χ1) is 11.8. The van der Waals surface area contributed by atoms with Crippen LogP contribution in [0.25, 0.3) is 0 Å². The van der Waals surface area contributed by atoms with Crippen LogP contribution in [0.5, 0.6) is 0 Å². The fraction of sp³-hybridized carbons (Fsp3) is 0.421. The molecule has 1 aromatic heterocycles. The highest BCUT2D eigenvalue weighted by Gasteiger charge is 2.25. The van der Waals surface area contributed by atoms with Gasteiger partial charge in [-0.3, -0.25) is 4.79 Å². The summed E-state index contributed by atoms with van der Waals surface area (Å²) in [6.45, 7) is 2.42. The Balaban J connectivity index is 1.44. The number of amides is 1. The van der Waals surface area contributed by atoms with E-state index >= 15 is 0 Å². The summed E-state index contributed by atoms with van der Waals surface area (Å²) < 4.78 is 0. The number of nitrogens with one attached hydrogen (secondary N) is 1. The second kappa shape index (κ2) is 6.69. The lowest BCUT2D eigenvalue weighted by atomic mass is 10.0. The van der Waals surface area contributed by atoms with Gasteiger partial charge in [0.1, 0.15) is 5.82 Å². The van der Waals surface area contributed by atoms with Gasteiger partial charge in [-0.05, 0) is 24.9 Å². The molecule has 3 heterocycles. The van der Waals surface area contributed by atoms with Crippen LogP contribution in [0.15, 0.2) is 36.5 Å². The van der Waals surface area contributed by atoms with E-state index in [1.54, 1.807) is 0 Å². The quantitative estimate of drug-likeness (QED) is 0.939. The molecule has 0 saturated carbocycles. The monoisotopic (exact) mass is 322 g/mol. The Morgan fingerprint density at radius 1 is 1.29 bits per heavy atom. The van der Waals surface area contributed by atoms with Gasteiger partial charge in [0.15, 0.2) is 0 Å². The van der Waals surface area contributed by atoms with Crippen LogP contribution in [0.3, 0.4) is 0 Å². The molecule has 0 radical (unpaired) electrons. The van der Waals surface area contributed by atoms with E-state index < -0.39 is 0 Å². The minimum atomic E-state index is 0.174. The van der Waals surface area contributed by atoms with Crippen LogP contribution >= 0.6 is 0 Å². The summed E-state index contributed by atoms with van der Waals surface area (Å²) in [7, 11) is 0. The summed E-state index contributed by atoms with van der Waals surface area (Å²) in [5.41, 5.74) is 3.26. The van der Waals surface area contributed by atoms with Gasteiger partial charge in [-0.2, -0.15) is 0 Å². The van der Waals surface area contributed by atoms with Gasteiger partial charge in [0.25, 0.3) is 0 Å². The number of hydrogen-bond donors (Lipinski definition) is 1. The van der Waals surface area contributed by atoms with Crippen LogP contribution in [0.4, 0.5) is 0 Å². The van der Waals surface area contributed by atoms with E-state index in [0.29, 0.717) is 19.0 Å². The first-order valence-corrected chi connectivity index (χ1v) is 8.69. The van der Waals surface area contributed by atoms with Gasteiger partial charge < -0.3 is 10.2 Å². The molecule has 4 rings (SSSR count). The Hall–Kier alpha value is -2.27. The van der Waals surface area contributed by atoms with Crippen LogP contribution in [-0.2, 0) is 24.2 Å². The molecule has 0 spiro atoms. The summed E-state index contributed by atoms with van der Waals surface area (Å²) in [6, 6.07) is 10.2. The molecule has 124 valence electrons. The maximum absolute atomic E-state index is 12.5. The molecule has 5 heteroatoms. The molecular formula is C19H22N4O. The normalized spacial score (nSPS) is 20.0. The Kier molecular flexibility index (Phi) is 4.26. The zero-order valence-corrected chi connectivity index (χ0v) is 13.7. The molecule has 5 nitrogen and oxygen atoms in total. The van der Waals surface area contributed by atoms with Crippen LogP contribution in [0.2, 0.25) is 0 Å². The van der Waals surface area contributed by atoms with Crippen molar-refractivity contribution in [2.24, 2.45) is 0 Å². The third-order valence-corrected chi connectivity index (χ3v) is 4.88. The van der Waals surface area contributed by atoms with Crippen molar-refractivity contribution >= 4 is 5.91 Å². The Morgan fingerprint density at radius 3 is 2.96 bits per heavy atom. The standard InChI is InChI=1S/C19H22N4O/c24-18(11-14-5-2-1-3-6-14)23-10-8-16-15(13-23)12-21-19(22-16)17-7-4-9-20-17/h1-3,5-6,12,17,20H,4,7-11,13H2/t17-/m0/s1. The van der Waals surface area contributed by atoms with Crippen molar-refractivity contribution in [1.82, 2.24) is 20.2 Å². The van der Waals surface area contributed by atoms with E-state index in [9.17, 15) is 4.79 Å². The van der Waals surface area contributed by atoms with Crippen LogP contribution in [0.1, 0.15) is 41.5 Å². The maximum Gasteiger partial charge on any atom is 0.227 e. The number of hydrogen-bond acceptors (Lipinski definition) is 4. The molecule has 2 aliphatic heterocycles. The van der Waals surface area contributed by atoms with Crippen molar-refractivity contribution in [3.63, 3.8) is 0 Å². The highest BCUT2D eigenvalue weighted by Crippen LogP contribution is 2.23. The third kappa shape index (κ3) is 3.17. The highest BCUT2D eigenvalue weighted by atomic mass is 16.2. The molecule has 1 aromatic carbocycles. The van der Waals surface area contributed by atoms with Gasteiger partial charge in [-0.15, -0.1) is 0 Å². The van der Waals surface area contributed by atoms with Crippen molar-refractivity contribution in [3.8, 4) is 0 Å². The molecule has 0 unspecified atom stereocenters. The summed E-state index contributed by atoms with van der Waals surface area (Å²) >= 11 is 0. The van der Waals surface area contributed by atoms with Crippen LogP contribution in [0, 0.1) is 0 Å². The SMILES string of the molecule is O=C(Cc1ccccc1)N1CCc2nc([C@@H]3CCCN3)ncc2C1. The van der Waals surface area contributed by atoms with Crippen LogP contribution < -0.4 is 5.32 Å². The van der Waals surface area contributed by atoms with Gasteiger partial charge in [0.05, 0.1) is 18.2 Å². The van der Waals surface area contributed by atoms with Crippen molar-refractivity contribution in [2.45, 2.75) is 38.3 Å². The third-order valence-electron chi connectivity index (χ3n) is 4.88. The number of carbonyl (C=O) groups excluding carboxylic acids is 1. The lowest BCUT2D eigenvalue weighted by Crippen LogP contribution is -2.37. The number of rotatable bonds is 3. The fourth-order valence-corrected chi connectivity index (χ4v) is 3.50. The molecule has 1 saturated heterocycles. The second-order valence-corrected chi connectivity index (χ2v) is 6.58. The number of aromatic nitrogens is 2. The lowest BCUT2D eigenvalue weighted by Gasteiger charge is -2.28. The lowest BCUT2D eigenvalue weighted by molar-refractivity contribution is -0.131. The molecule has 1 atom stereocenters.